The maximum absolute atomic E-state index is 13.0. The van der Waals surface area contributed by atoms with Crippen LogP contribution in [-0.4, -0.2) is 15.7 Å². The zero-order chi connectivity index (χ0) is 20.7. The van der Waals surface area contributed by atoms with Crippen molar-refractivity contribution in [1.29, 1.82) is 0 Å². The molecule has 0 fully saturated rings. The van der Waals surface area contributed by atoms with E-state index in [-0.39, 0.29) is 11.3 Å². The van der Waals surface area contributed by atoms with Gasteiger partial charge in [-0.25, -0.2) is 4.68 Å². The fourth-order valence-electron chi connectivity index (χ4n) is 2.81. The zero-order valence-corrected chi connectivity index (χ0v) is 15.9. The summed E-state index contributed by atoms with van der Waals surface area (Å²) in [6.45, 7) is 4.27. The first kappa shape index (κ1) is 21.7. The van der Waals surface area contributed by atoms with Crippen molar-refractivity contribution in [3.05, 3.63) is 63.6 Å². The average Bonchev–Trinajstić information content (AvgIpc) is 2.66. The van der Waals surface area contributed by atoms with Crippen molar-refractivity contribution in [3.63, 3.8) is 0 Å². The lowest BCUT2D eigenvalue weighted by atomic mass is 9.99. The summed E-state index contributed by atoms with van der Waals surface area (Å²) in [4.78, 5) is 24.5. The first-order valence-electron chi connectivity index (χ1n) is 9.32. The van der Waals surface area contributed by atoms with Crippen molar-refractivity contribution in [2.24, 2.45) is 0 Å². The first-order valence-corrected chi connectivity index (χ1v) is 9.32. The molecule has 1 heterocycles. The van der Waals surface area contributed by atoms with Crippen molar-refractivity contribution in [2.45, 2.75) is 58.3 Å². The predicted molar refractivity (Wildman–Crippen MR) is 100.0 cm³/mol. The minimum atomic E-state index is -4.45. The second kappa shape index (κ2) is 9.52. The third kappa shape index (κ3) is 5.68. The molecular weight excluding hydrogens is 371 g/mol. The molecule has 0 spiro atoms. The monoisotopic (exact) mass is 395 g/mol. The quantitative estimate of drug-likeness (QED) is 0.723. The van der Waals surface area contributed by atoms with Gasteiger partial charge < -0.3 is 5.32 Å². The number of aromatic nitrogens is 2. The molecule has 0 radical (unpaired) electrons. The number of nitrogens with one attached hydrogen (secondary N) is 1. The number of hydrogen-bond acceptors (Lipinski definition) is 3. The molecule has 1 amide bonds. The maximum atomic E-state index is 13.0. The van der Waals surface area contributed by atoms with Crippen LogP contribution >= 0.6 is 0 Å². The van der Waals surface area contributed by atoms with Crippen molar-refractivity contribution in [2.75, 3.05) is 0 Å². The fraction of sp³-hybridized carbons (Fsp3) is 0.450. The molecular formula is C20H24F3N3O2. The molecule has 1 N–H and O–H groups in total. The number of amides is 1. The Morgan fingerprint density at radius 3 is 2.57 bits per heavy atom. The van der Waals surface area contributed by atoms with Gasteiger partial charge in [-0.2, -0.15) is 18.3 Å². The van der Waals surface area contributed by atoms with E-state index in [9.17, 15) is 22.8 Å². The third-order valence-corrected chi connectivity index (χ3v) is 4.32. The molecule has 152 valence electrons. The summed E-state index contributed by atoms with van der Waals surface area (Å²) in [5.74, 6) is -0.527. The lowest BCUT2D eigenvalue weighted by Gasteiger charge is -2.20. The van der Waals surface area contributed by atoms with E-state index in [2.05, 4.69) is 10.4 Å². The molecule has 0 saturated carbocycles. The fourth-order valence-corrected chi connectivity index (χ4v) is 2.81. The van der Waals surface area contributed by atoms with Gasteiger partial charge in [0, 0.05) is 12.6 Å². The molecule has 8 heteroatoms. The summed E-state index contributed by atoms with van der Waals surface area (Å²) >= 11 is 0. The van der Waals surface area contributed by atoms with E-state index in [0.29, 0.717) is 24.9 Å². The average molecular weight is 395 g/mol. The van der Waals surface area contributed by atoms with Gasteiger partial charge in [0.2, 0.25) is 0 Å². The number of aryl methyl sites for hydroxylation is 1. The van der Waals surface area contributed by atoms with Crippen LogP contribution in [0.2, 0.25) is 0 Å². The Morgan fingerprint density at radius 2 is 1.93 bits per heavy atom. The SMILES string of the molecule is CCCCn1nc(C(=O)NC(CCC)c2cccc(C(F)(F)F)c2)ccc1=O. The van der Waals surface area contributed by atoms with E-state index >= 15 is 0 Å². The van der Waals surface area contributed by atoms with Gasteiger partial charge in [0.1, 0.15) is 5.69 Å². The van der Waals surface area contributed by atoms with Crippen molar-refractivity contribution >= 4 is 5.91 Å². The summed E-state index contributed by atoms with van der Waals surface area (Å²) in [7, 11) is 0. The van der Waals surface area contributed by atoms with Crippen molar-refractivity contribution < 1.29 is 18.0 Å². The summed E-state index contributed by atoms with van der Waals surface area (Å²) < 4.78 is 40.2. The highest BCUT2D eigenvalue weighted by Gasteiger charge is 2.31. The van der Waals surface area contributed by atoms with Gasteiger partial charge in [0.25, 0.3) is 11.5 Å². The minimum absolute atomic E-state index is 0.0591. The largest absolute Gasteiger partial charge is 0.416 e. The van der Waals surface area contributed by atoms with Gasteiger partial charge in [-0.05, 0) is 36.6 Å². The zero-order valence-electron chi connectivity index (χ0n) is 15.9. The van der Waals surface area contributed by atoms with Crippen LogP contribution < -0.4 is 10.9 Å². The Kier molecular flexibility index (Phi) is 7.37. The van der Waals surface area contributed by atoms with E-state index < -0.39 is 23.7 Å². The molecule has 0 aliphatic rings. The number of carbonyl (C=O) groups excluding carboxylic acids is 1. The van der Waals surface area contributed by atoms with Gasteiger partial charge >= 0.3 is 6.18 Å². The lowest BCUT2D eigenvalue weighted by molar-refractivity contribution is -0.137. The normalized spacial score (nSPS) is 12.6. The van der Waals surface area contributed by atoms with E-state index in [0.717, 1.165) is 25.0 Å². The third-order valence-electron chi connectivity index (χ3n) is 4.32. The minimum Gasteiger partial charge on any atom is -0.344 e. The van der Waals surface area contributed by atoms with Crippen LogP contribution in [0.1, 0.15) is 67.2 Å². The summed E-state index contributed by atoms with van der Waals surface area (Å²) in [5, 5.41) is 6.83. The molecule has 2 rings (SSSR count). The Morgan fingerprint density at radius 1 is 1.18 bits per heavy atom. The molecule has 5 nitrogen and oxygen atoms in total. The Hall–Kier alpha value is -2.64. The molecule has 0 bridgehead atoms. The molecule has 1 atom stereocenters. The number of carbonyl (C=O) groups is 1. The van der Waals surface area contributed by atoms with Crippen LogP contribution in [0.15, 0.2) is 41.2 Å². The second-order valence-corrected chi connectivity index (χ2v) is 6.57. The maximum Gasteiger partial charge on any atom is 0.416 e. The number of benzene rings is 1. The molecule has 1 aromatic heterocycles. The van der Waals surface area contributed by atoms with Crippen LogP contribution in [-0.2, 0) is 12.7 Å². The highest BCUT2D eigenvalue weighted by Crippen LogP contribution is 2.31. The number of rotatable bonds is 8. The van der Waals surface area contributed by atoms with E-state index in [1.165, 1.54) is 22.9 Å². The Bertz CT molecular complexity index is 862. The van der Waals surface area contributed by atoms with Crippen molar-refractivity contribution in [3.8, 4) is 0 Å². The number of unbranched alkanes of at least 4 members (excludes halogenated alkanes) is 1. The molecule has 0 aliphatic heterocycles. The van der Waals surface area contributed by atoms with E-state index in [1.807, 2.05) is 13.8 Å². The standard InChI is InChI=1S/C20H24F3N3O2/c1-3-5-12-26-18(27)11-10-17(25-26)19(28)24-16(7-4-2)14-8-6-9-15(13-14)20(21,22)23/h6,8-11,13,16H,3-5,7,12H2,1-2H3,(H,24,28). The van der Waals surface area contributed by atoms with Crippen LogP contribution in [0.5, 0.6) is 0 Å². The van der Waals surface area contributed by atoms with Gasteiger partial charge in [-0.1, -0.05) is 38.8 Å². The van der Waals surface area contributed by atoms with Gasteiger partial charge in [0.15, 0.2) is 0 Å². The summed E-state index contributed by atoms with van der Waals surface area (Å²) in [5.41, 5.74) is -0.618. The van der Waals surface area contributed by atoms with E-state index in [4.69, 9.17) is 0 Å². The van der Waals surface area contributed by atoms with Gasteiger partial charge in [-0.15, -0.1) is 0 Å². The molecule has 0 saturated heterocycles. The number of nitrogens with zero attached hydrogens (tertiary/aromatic N) is 2. The van der Waals surface area contributed by atoms with E-state index in [1.54, 1.807) is 6.07 Å². The van der Waals surface area contributed by atoms with Crippen LogP contribution in [0.3, 0.4) is 0 Å². The van der Waals surface area contributed by atoms with Crippen LogP contribution in [0.4, 0.5) is 13.2 Å². The molecule has 1 aromatic carbocycles. The number of alkyl halides is 3. The lowest BCUT2D eigenvalue weighted by Crippen LogP contribution is -2.32. The molecule has 28 heavy (non-hydrogen) atoms. The topological polar surface area (TPSA) is 64.0 Å². The highest BCUT2D eigenvalue weighted by molar-refractivity contribution is 5.92. The number of hydrogen-bond donors (Lipinski definition) is 1. The number of halogens is 3. The Labute approximate surface area is 161 Å². The first-order chi connectivity index (χ1) is 13.3. The second-order valence-electron chi connectivity index (χ2n) is 6.57. The van der Waals surface area contributed by atoms with Gasteiger partial charge in [-0.3, -0.25) is 9.59 Å². The highest BCUT2D eigenvalue weighted by atomic mass is 19.4. The van der Waals surface area contributed by atoms with Crippen LogP contribution in [0, 0.1) is 0 Å². The van der Waals surface area contributed by atoms with Gasteiger partial charge in [0.05, 0.1) is 11.6 Å². The summed E-state index contributed by atoms with van der Waals surface area (Å²) in [6, 6.07) is 6.96. The summed E-state index contributed by atoms with van der Waals surface area (Å²) in [6.07, 6.45) is -1.68. The van der Waals surface area contributed by atoms with Crippen LogP contribution in [0.25, 0.3) is 0 Å². The molecule has 2 aromatic rings. The predicted octanol–water partition coefficient (Wildman–Crippen LogP) is 4.33. The smallest absolute Gasteiger partial charge is 0.344 e. The van der Waals surface area contributed by atoms with Crippen molar-refractivity contribution in [1.82, 2.24) is 15.1 Å². The Balaban J connectivity index is 2.25. The molecule has 0 aliphatic carbocycles. The molecule has 1 unspecified atom stereocenters.